The van der Waals surface area contributed by atoms with Gasteiger partial charge in [-0.1, -0.05) is 59.9 Å². The van der Waals surface area contributed by atoms with Crippen molar-refractivity contribution in [3.8, 4) is 0 Å². The molecule has 0 saturated heterocycles. The molecule has 0 radical (unpaired) electrons. The van der Waals surface area contributed by atoms with E-state index in [-0.39, 0.29) is 6.04 Å². The Bertz CT molecular complexity index is 892. The molecule has 1 unspecified atom stereocenters. The minimum atomic E-state index is -0.567. The molecule has 0 aliphatic rings. The van der Waals surface area contributed by atoms with E-state index in [0.717, 1.165) is 11.3 Å². The Kier molecular flexibility index (Phi) is 6.26. The molecule has 1 amide bonds. The van der Waals surface area contributed by atoms with E-state index in [4.69, 9.17) is 4.74 Å². The second-order valence-corrected chi connectivity index (χ2v) is 8.33. The number of hydrogen-bond acceptors (Lipinski definition) is 6. The highest BCUT2D eigenvalue weighted by Crippen LogP contribution is 2.27. The van der Waals surface area contributed by atoms with Crippen molar-refractivity contribution >= 4 is 28.2 Å². The van der Waals surface area contributed by atoms with Crippen LogP contribution in [0, 0.1) is 0 Å². The lowest BCUT2D eigenvalue weighted by Crippen LogP contribution is -2.35. The number of aromatic nitrogens is 2. The Morgan fingerprint density at radius 2 is 1.68 bits per heavy atom. The van der Waals surface area contributed by atoms with Gasteiger partial charge in [-0.05, 0) is 44.9 Å². The first-order chi connectivity index (χ1) is 13.4. The van der Waals surface area contributed by atoms with Gasteiger partial charge in [0.15, 0.2) is 0 Å². The predicted octanol–water partition coefficient (Wildman–Crippen LogP) is 5.09. The molecule has 1 aromatic heterocycles. The third-order valence-electron chi connectivity index (χ3n) is 3.74. The molecule has 3 rings (SSSR count). The number of rotatable bonds is 6. The van der Waals surface area contributed by atoms with Crippen LogP contribution in [-0.2, 0) is 11.2 Å². The summed E-state index contributed by atoms with van der Waals surface area (Å²) in [6, 6.07) is 19.4. The number of alkyl carbamates (subject to hydrolysis) is 1. The average Bonchev–Trinajstić information content (AvgIpc) is 3.10. The van der Waals surface area contributed by atoms with Gasteiger partial charge >= 0.3 is 6.09 Å². The molecular formula is C21H24N4O2S. The zero-order valence-electron chi connectivity index (χ0n) is 16.2. The maximum absolute atomic E-state index is 12.3. The van der Waals surface area contributed by atoms with Crippen LogP contribution in [0.1, 0.15) is 37.4 Å². The first-order valence-electron chi connectivity index (χ1n) is 9.08. The van der Waals surface area contributed by atoms with Crippen LogP contribution in [0.3, 0.4) is 0 Å². The van der Waals surface area contributed by atoms with Crippen LogP contribution >= 0.6 is 11.3 Å². The van der Waals surface area contributed by atoms with E-state index in [2.05, 4.69) is 20.8 Å². The number of hydrogen-bond donors (Lipinski definition) is 2. The van der Waals surface area contributed by atoms with Crippen LogP contribution < -0.4 is 10.6 Å². The van der Waals surface area contributed by atoms with Gasteiger partial charge in [-0.3, -0.25) is 0 Å². The fourth-order valence-electron chi connectivity index (χ4n) is 2.57. The molecule has 3 aromatic rings. The number of nitrogens with zero attached hydrogens (tertiary/aromatic N) is 2. The number of amides is 1. The van der Waals surface area contributed by atoms with Crippen LogP contribution in [0.2, 0.25) is 0 Å². The van der Waals surface area contributed by atoms with Crippen molar-refractivity contribution in [1.82, 2.24) is 15.5 Å². The lowest BCUT2D eigenvalue weighted by molar-refractivity contribution is 0.0503. The zero-order valence-corrected chi connectivity index (χ0v) is 17.0. The van der Waals surface area contributed by atoms with Crippen molar-refractivity contribution in [2.45, 2.75) is 38.8 Å². The molecule has 0 spiro atoms. The number of carbonyl (C=O) groups excluding carboxylic acids is 1. The molecule has 1 heterocycles. The monoisotopic (exact) mass is 396 g/mol. The summed E-state index contributed by atoms with van der Waals surface area (Å²) in [5, 5.41) is 16.1. The van der Waals surface area contributed by atoms with E-state index in [0.29, 0.717) is 16.6 Å². The molecular weight excluding hydrogens is 372 g/mol. The summed E-state index contributed by atoms with van der Waals surface area (Å²) < 4.78 is 5.42. The van der Waals surface area contributed by atoms with Crippen molar-refractivity contribution in [1.29, 1.82) is 0 Å². The highest BCUT2D eigenvalue weighted by Gasteiger charge is 2.23. The van der Waals surface area contributed by atoms with Crippen LogP contribution in [0.15, 0.2) is 60.7 Å². The van der Waals surface area contributed by atoms with E-state index in [9.17, 15) is 4.79 Å². The number of para-hydroxylation sites is 1. The van der Waals surface area contributed by atoms with Crippen LogP contribution in [0.4, 0.5) is 15.6 Å². The zero-order chi connectivity index (χ0) is 20.0. The molecule has 28 heavy (non-hydrogen) atoms. The normalized spacial score (nSPS) is 12.2. The maximum Gasteiger partial charge on any atom is 0.408 e. The highest BCUT2D eigenvalue weighted by atomic mass is 32.1. The van der Waals surface area contributed by atoms with Crippen molar-refractivity contribution < 1.29 is 9.53 Å². The second-order valence-electron chi connectivity index (χ2n) is 7.33. The van der Waals surface area contributed by atoms with Crippen molar-refractivity contribution in [3.63, 3.8) is 0 Å². The summed E-state index contributed by atoms with van der Waals surface area (Å²) in [5.74, 6) is 0. The number of carbonyl (C=O) groups is 1. The van der Waals surface area contributed by atoms with E-state index in [1.54, 1.807) is 0 Å². The lowest BCUT2D eigenvalue weighted by atomic mass is 10.1. The molecule has 1 atom stereocenters. The number of ether oxygens (including phenoxy) is 1. The van der Waals surface area contributed by atoms with Crippen molar-refractivity contribution in [2.75, 3.05) is 5.32 Å². The molecule has 146 valence electrons. The van der Waals surface area contributed by atoms with Crippen LogP contribution in [0.25, 0.3) is 0 Å². The highest BCUT2D eigenvalue weighted by molar-refractivity contribution is 7.15. The van der Waals surface area contributed by atoms with Crippen molar-refractivity contribution in [3.05, 3.63) is 71.2 Å². The van der Waals surface area contributed by atoms with Gasteiger partial charge in [-0.15, -0.1) is 10.2 Å². The SMILES string of the molecule is CC(C)(C)OC(=O)NC(Cc1ccccc1)c1nnc(Nc2ccccc2)s1. The molecule has 0 bridgehead atoms. The predicted molar refractivity (Wildman–Crippen MR) is 112 cm³/mol. The van der Waals surface area contributed by atoms with E-state index >= 15 is 0 Å². The Labute approximate surface area is 169 Å². The molecule has 2 aromatic carbocycles. The molecule has 0 fully saturated rings. The third kappa shape index (κ3) is 6.06. The second kappa shape index (κ2) is 8.84. The number of benzene rings is 2. The van der Waals surface area contributed by atoms with E-state index in [1.165, 1.54) is 11.3 Å². The topological polar surface area (TPSA) is 76.1 Å². The average molecular weight is 397 g/mol. The first kappa shape index (κ1) is 19.8. The molecule has 7 heteroatoms. The molecule has 0 aliphatic carbocycles. The van der Waals surface area contributed by atoms with Gasteiger partial charge in [0.1, 0.15) is 10.6 Å². The van der Waals surface area contributed by atoms with E-state index in [1.807, 2.05) is 81.4 Å². The summed E-state index contributed by atoms with van der Waals surface area (Å²) >= 11 is 1.41. The lowest BCUT2D eigenvalue weighted by Gasteiger charge is -2.22. The summed E-state index contributed by atoms with van der Waals surface area (Å²) in [6.07, 6.45) is 0.126. The molecule has 0 aliphatic heterocycles. The van der Waals surface area contributed by atoms with Gasteiger partial charge in [-0.25, -0.2) is 4.79 Å². The largest absolute Gasteiger partial charge is 0.444 e. The third-order valence-corrected chi connectivity index (χ3v) is 4.69. The van der Waals surface area contributed by atoms with Crippen LogP contribution in [-0.4, -0.2) is 21.9 Å². The summed E-state index contributed by atoms with van der Waals surface area (Å²) in [5.41, 5.74) is 1.46. The Morgan fingerprint density at radius 1 is 1.04 bits per heavy atom. The molecule has 6 nitrogen and oxygen atoms in total. The van der Waals surface area contributed by atoms with Gasteiger partial charge < -0.3 is 15.4 Å². The van der Waals surface area contributed by atoms with Gasteiger partial charge in [0.05, 0.1) is 6.04 Å². The maximum atomic E-state index is 12.3. The Hall–Kier alpha value is -2.93. The fourth-order valence-corrected chi connectivity index (χ4v) is 3.39. The van der Waals surface area contributed by atoms with Gasteiger partial charge in [0, 0.05) is 5.69 Å². The quantitative estimate of drug-likeness (QED) is 0.607. The van der Waals surface area contributed by atoms with Gasteiger partial charge in [0.25, 0.3) is 0 Å². The van der Waals surface area contributed by atoms with E-state index < -0.39 is 11.7 Å². The Morgan fingerprint density at radius 3 is 2.32 bits per heavy atom. The first-order valence-corrected chi connectivity index (χ1v) is 9.89. The smallest absolute Gasteiger partial charge is 0.408 e. The van der Waals surface area contributed by atoms with Gasteiger partial charge in [0.2, 0.25) is 5.13 Å². The summed E-state index contributed by atoms with van der Waals surface area (Å²) in [7, 11) is 0. The number of nitrogens with one attached hydrogen (secondary N) is 2. The number of anilines is 2. The van der Waals surface area contributed by atoms with Gasteiger partial charge in [-0.2, -0.15) is 0 Å². The molecule has 0 saturated carbocycles. The standard InChI is InChI=1S/C21H24N4O2S/c1-21(2,3)27-20(26)23-17(14-15-10-6-4-7-11-15)18-24-25-19(28-18)22-16-12-8-5-9-13-16/h4-13,17H,14H2,1-3H3,(H,22,25)(H,23,26). The minimum absolute atomic E-state index is 0.332. The van der Waals surface area contributed by atoms with Crippen molar-refractivity contribution in [2.24, 2.45) is 0 Å². The minimum Gasteiger partial charge on any atom is -0.444 e. The summed E-state index contributed by atoms with van der Waals surface area (Å²) in [6.45, 7) is 5.52. The fraction of sp³-hybridized carbons (Fsp3) is 0.286. The van der Waals surface area contributed by atoms with Crippen LogP contribution in [0.5, 0.6) is 0 Å². The Balaban J connectivity index is 1.77. The molecule has 2 N–H and O–H groups in total. The summed E-state index contributed by atoms with van der Waals surface area (Å²) in [4.78, 5) is 12.3.